The number of carbonyl (C=O) groups excluding carboxylic acids is 1. The number of hydrogen-bond acceptors (Lipinski definition) is 4. The van der Waals surface area contributed by atoms with Crippen LogP contribution >= 0.6 is 11.6 Å². The minimum Gasteiger partial charge on any atom is -0.356 e. The molecule has 1 aromatic rings. The van der Waals surface area contributed by atoms with Gasteiger partial charge in [-0.3, -0.25) is 4.79 Å². The maximum atomic E-state index is 11.8. The Hall–Kier alpha value is -1.37. The van der Waals surface area contributed by atoms with Crippen LogP contribution in [0.5, 0.6) is 0 Å². The maximum Gasteiger partial charge on any atom is 0.325 e. The summed E-state index contributed by atoms with van der Waals surface area (Å²) in [6, 6.07) is 4.37. The van der Waals surface area contributed by atoms with Crippen molar-refractivity contribution in [3.05, 3.63) is 35.4 Å². The summed E-state index contributed by atoms with van der Waals surface area (Å²) in [5.41, 5.74) is 0.585. The molecule has 1 N–H and O–H groups in total. The fourth-order valence-corrected chi connectivity index (χ4v) is 2.40. The van der Waals surface area contributed by atoms with E-state index in [4.69, 9.17) is 11.6 Å². The van der Waals surface area contributed by atoms with E-state index < -0.39 is 16.0 Å². The zero-order valence-electron chi connectivity index (χ0n) is 9.64. The van der Waals surface area contributed by atoms with Crippen molar-refractivity contribution in [3.8, 4) is 0 Å². The largest absolute Gasteiger partial charge is 0.356 e. The number of sulfonamides is 1. The second kappa shape index (κ2) is 5.99. The molecule has 0 unspecified atom stereocenters. The molecule has 18 heavy (non-hydrogen) atoms. The Morgan fingerprint density at radius 2 is 2.22 bits per heavy atom. The summed E-state index contributed by atoms with van der Waals surface area (Å²) < 4.78 is 23.7. The molecular weight excluding hydrogens is 278 g/mol. The van der Waals surface area contributed by atoms with Crippen molar-refractivity contribution in [1.82, 2.24) is 4.89 Å². The summed E-state index contributed by atoms with van der Waals surface area (Å²) in [6.07, 6.45) is 1.54. The van der Waals surface area contributed by atoms with E-state index in [1.807, 2.05) is 0 Å². The van der Waals surface area contributed by atoms with E-state index in [0.717, 1.165) is 0 Å². The SMILES string of the molecule is C=Cc1ccc(Cl)c(S(=O)(=O)NOC(=O)CC)c1. The summed E-state index contributed by atoms with van der Waals surface area (Å²) in [5.74, 6) is -0.686. The maximum absolute atomic E-state index is 11.8. The van der Waals surface area contributed by atoms with Gasteiger partial charge in [-0.15, -0.1) is 0 Å². The van der Waals surface area contributed by atoms with Gasteiger partial charge in [-0.1, -0.05) is 37.2 Å². The van der Waals surface area contributed by atoms with Gasteiger partial charge in [0, 0.05) is 6.42 Å². The summed E-state index contributed by atoms with van der Waals surface area (Å²) in [4.78, 5) is 16.8. The van der Waals surface area contributed by atoms with E-state index in [1.165, 1.54) is 18.2 Å². The van der Waals surface area contributed by atoms with Crippen LogP contribution in [0.2, 0.25) is 5.02 Å². The van der Waals surface area contributed by atoms with Crippen LogP contribution in [-0.4, -0.2) is 14.4 Å². The Bertz CT molecular complexity index is 568. The Kier molecular flexibility index (Phi) is 4.89. The first kappa shape index (κ1) is 14.7. The van der Waals surface area contributed by atoms with Crippen LogP contribution in [0.15, 0.2) is 29.7 Å². The second-order valence-electron chi connectivity index (χ2n) is 3.31. The molecule has 7 heteroatoms. The zero-order valence-corrected chi connectivity index (χ0v) is 11.2. The summed E-state index contributed by atoms with van der Waals surface area (Å²) in [6.45, 7) is 5.07. The van der Waals surface area contributed by atoms with Gasteiger partial charge >= 0.3 is 5.97 Å². The molecule has 0 aromatic heterocycles. The monoisotopic (exact) mass is 289 g/mol. The molecule has 98 valence electrons. The molecule has 1 rings (SSSR count). The fourth-order valence-electron chi connectivity index (χ4n) is 1.07. The lowest BCUT2D eigenvalue weighted by atomic mass is 10.2. The molecule has 0 saturated carbocycles. The number of hydrogen-bond donors (Lipinski definition) is 1. The predicted molar refractivity (Wildman–Crippen MR) is 68.2 cm³/mol. The number of nitrogens with one attached hydrogen (secondary N) is 1. The standard InChI is InChI=1S/C11H12ClNO4S/c1-3-8-5-6-9(12)10(7-8)18(15,16)13-17-11(14)4-2/h3,5-7,13H,1,4H2,2H3. The highest BCUT2D eigenvalue weighted by atomic mass is 35.5. The first-order valence-corrected chi connectivity index (χ1v) is 6.90. The summed E-state index contributed by atoms with van der Waals surface area (Å²) in [5, 5.41) is 0.0284. The fraction of sp³-hybridized carbons (Fsp3) is 0.182. The highest BCUT2D eigenvalue weighted by molar-refractivity contribution is 7.89. The van der Waals surface area contributed by atoms with E-state index >= 15 is 0 Å². The van der Waals surface area contributed by atoms with E-state index in [1.54, 1.807) is 17.9 Å². The number of rotatable bonds is 5. The molecule has 0 amide bonds. The van der Waals surface area contributed by atoms with Gasteiger partial charge in [-0.2, -0.15) is 0 Å². The van der Waals surface area contributed by atoms with Crippen LogP contribution < -0.4 is 4.89 Å². The smallest absolute Gasteiger partial charge is 0.325 e. The normalized spacial score (nSPS) is 11.0. The average Bonchev–Trinajstić information content (AvgIpc) is 2.36. The van der Waals surface area contributed by atoms with Gasteiger partial charge < -0.3 is 4.84 Å². The van der Waals surface area contributed by atoms with Gasteiger partial charge in [0.2, 0.25) is 0 Å². The van der Waals surface area contributed by atoms with Crippen molar-refractivity contribution in [1.29, 1.82) is 0 Å². The van der Waals surface area contributed by atoms with Crippen molar-refractivity contribution in [2.24, 2.45) is 0 Å². The Labute approximate surface area is 110 Å². The van der Waals surface area contributed by atoms with Gasteiger partial charge in [-0.05, 0) is 22.6 Å². The Balaban J connectivity index is 3.04. The summed E-state index contributed by atoms with van der Waals surface area (Å²) in [7, 11) is -4.00. The van der Waals surface area contributed by atoms with Crippen LogP contribution in [0.25, 0.3) is 6.08 Å². The molecule has 0 aliphatic carbocycles. The van der Waals surface area contributed by atoms with E-state index in [-0.39, 0.29) is 16.3 Å². The van der Waals surface area contributed by atoms with E-state index in [9.17, 15) is 13.2 Å². The molecule has 1 aromatic carbocycles. The third kappa shape index (κ3) is 3.56. The lowest BCUT2D eigenvalue weighted by Crippen LogP contribution is -2.27. The Morgan fingerprint density at radius 1 is 1.56 bits per heavy atom. The number of halogens is 1. The lowest BCUT2D eigenvalue weighted by molar-refractivity contribution is -0.146. The Morgan fingerprint density at radius 3 is 2.78 bits per heavy atom. The van der Waals surface area contributed by atoms with Crippen molar-refractivity contribution in [2.45, 2.75) is 18.2 Å². The van der Waals surface area contributed by atoms with Crippen LogP contribution in [0, 0.1) is 0 Å². The van der Waals surface area contributed by atoms with Crippen molar-refractivity contribution in [3.63, 3.8) is 0 Å². The quantitative estimate of drug-likeness (QED) is 0.843. The second-order valence-corrected chi connectivity index (χ2v) is 5.33. The highest BCUT2D eigenvalue weighted by Gasteiger charge is 2.19. The molecule has 0 heterocycles. The number of benzene rings is 1. The van der Waals surface area contributed by atoms with E-state index in [0.29, 0.717) is 5.56 Å². The molecule has 5 nitrogen and oxygen atoms in total. The molecule has 0 fully saturated rings. The molecular formula is C11H12ClNO4S. The molecule has 0 spiro atoms. The predicted octanol–water partition coefficient (Wildman–Crippen LogP) is 2.13. The van der Waals surface area contributed by atoms with Gasteiger partial charge in [-0.25, -0.2) is 8.42 Å². The van der Waals surface area contributed by atoms with Crippen molar-refractivity contribution in [2.75, 3.05) is 0 Å². The first-order chi connectivity index (χ1) is 8.40. The molecule has 0 bridgehead atoms. The molecule has 0 aliphatic heterocycles. The van der Waals surface area contributed by atoms with Crippen LogP contribution in [0.4, 0.5) is 0 Å². The average molecular weight is 290 g/mol. The highest BCUT2D eigenvalue weighted by Crippen LogP contribution is 2.23. The van der Waals surface area contributed by atoms with Gasteiger partial charge in [0.15, 0.2) is 0 Å². The zero-order chi connectivity index (χ0) is 13.8. The minimum atomic E-state index is -4.00. The third-order valence-corrected chi connectivity index (χ3v) is 3.70. The number of carbonyl (C=O) groups is 1. The van der Waals surface area contributed by atoms with Gasteiger partial charge in [0.1, 0.15) is 4.90 Å². The van der Waals surface area contributed by atoms with Gasteiger partial charge in [0.05, 0.1) is 5.02 Å². The lowest BCUT2D eigenvalue weighted by Gasteiger charge is -2.08. The van der Waals surface area contributed by atoms with Crippen molar-refractivity contribution < 1.29 is 18.0 Å². The van der Waals surface area contributed by atoms with Crippen LogP contribution in [0.1, 0.15) is 18.9 Å². The molecule has 0 saturated heterocycles. The first-order valence-electron chi connectivity index (χ1n) is 5.04. The van der Waals surface area contributed by atoms with Crippen LogP contribution in [0.3, 0.4) is 0 Å². The third-order valence-electron chi connectivity index (χ3n) is 2.03. The molecule has 0 aliphatic rings. The molecule has 0 atom stereocenters. The molecule has 0 radical (unpaired) electrons. The summed E-state index contributed by atoms with van der Waals surface area (Å²) >= 11 is 5.79. The van der Waals surface area contributed by atoms with Crippen LogP contribution in [-0.2, 0) is 19.7 Å². The van der Waals surface area contributed by atoms with E-state index in [2.05, 4.69) is 11.4 Å². The van der Waals surface area contributed by atoms with Gasteiger partial charge in [0.25, 0.3) is 10.0 Å². The minimum absolute atomic E-state index is 0.0284. The van der Waals surface area contributed by atoms with Crippen molar-refractivity contribution >= 4 is 33.7 Å². The topological polar surface area (TPSA) is 72.5 Å².